The molecule has 90 valence electrons. The second-order valence-electron chi connectivity index (χ2n) is 3.92. The SMILES string of the molecule is CCC[C@@H](O)[C@@H](O)COCc1ccccc1. The van der Waals surface area contributed by atoms with Gasteiger partial charge in [-0.3, -0.25) is 0 Å². The zero-order valence-corrected chi connectivity index (χ0v) is 9.67. The number of aliphatic hydroxyl groups is 2. The lowest BCUT2D eigenvalue weighted by Crippen LogP contribution is -2.30. The summed E-state index contributed by atoms with van der Waals surface area (Å²) in [6.45, 7) is 2.62. The smallest absolute Gasteiger partial charge is 0.103 e. The monoisotopic (exact) mass is 224 g/mol. The lowest BCUT2D eigenvalue weighted by Gasteiger charge is -2.17. The van der Waals surface area contributed by atoms with E-state index in [9.17, 15) is 10.2 Å². The lowest BCUT2D eigenvalue weighted by molar-refractivity contribution is -0.0448. The Morgan fingerprint density at radius 1 is 1.12 bits per heavy atom. The van der Waals surface area contributed by atoms with E-state index in [1.165, 1.54) is 0 Å². The Kier molecular flexibility index (Phi) is 6.08. The normalized spacial score (nSPS) is 14.7. The van der Waals surface area contributed by atoms with Gasteiger partial charge in [0.25, 0.3) is 0 Å². The fraction of sp³-hybridized carbons (Fsp3) is 0.538. The van der Waals surface area contributed by atoms with Gasteiger partial charge in [0.15, 0.2) is 0 Å². The van der Waals surface area contributed by atoms with E-state index in [0.717, 1.165) is 12.0 Å². The van der Waals surface area contributed by atoms with Gasteiger partial charge in [0.1, 0.15) is 6.10 Å². The molecule has 1 aromatic carbocycles. The van der Waals surface area contributed by atoms with Crippen molar-refractivity contribution in [2.45, 2.75) is 38.6 Å². The number of ether oxygens (including phenoxy) is 1. The molecule has 1 aromatic rings. The highest BCUT2D eigenvalue weighted by molar-refractivity contribution is 5.13. The van der Waals surface area contributed by atoms with Crippen LogP contribution in [0.3, 0.4) is 0 Å². The largest absolute Gasteiger partial charge is 0.390 e. The molecule has 0 aliphatic heterocycles. The Labute approximate surface area is 96.7 Å². The van der Waals surface area contributed by atoms with E-state index < -0.39 is 12.2 Å². The highest BCUT2D eigenvalue weighted by atomic mass is 16.5. The topological polar surface area (TPSA) is 49.7 Å². The molecule has 0 aromatic heterocycles. The van der Waals surface area contributed by atoms with E-state index in [-0.39, 0.29) is 6.61 Å². The van der Waals surface area contributed by atoms with Gasteiger partial charge in [0.05, 0.1) is 19.3 Å². The van der Waals surface area contributed by atoms with Crippen molar-refractivity contribution in [3.8, 4) is 0 Å². The van der Waals surface area contributed by atoms with Crippen LogP contribution in [0.2, 0.25) is 0 Å². The molecule has 3 nitrogen and oxygen atoms in total. The van der Waals surface area contributed by atoms with Crippen molar-refractivity contribution < 1.29 is 14.9 Å². The van der Waals surface area contributed by atoms with E-state index in [1.807, 2.05) is 37.3 Å². The van der Waals surface area contributed by atoms with Crippen molar-refractivity contribution in [3.05, 3.63) is 35.9 Å². The Bertz CT molecular complexity index is 274. The van der Waals surface area contributed by atoms with Crippen LogP contribution in [0.4, 0.5) is 0 Å². The average molecular weight is 224 g/mol. The van der Waals surface area contributed by atoms with Gasteiger partial charge in [-0.1, -0.05) is 43.7 Å². The molecule has 2 atom stereocenters. The number of aliphatic hydroxyl groups excluding tert-OH is 2. The first-order valence-electron chi connectivity index (χ1n) is 5.71. The summed E-state index contributed by atoms with van der Waals surface area (Å²) in [7, 11) is 0. The predicted molar refractivity (Wildman–Crippen MR) is 63.0 cm³/mol. The zero-order valence-electron chi connectivity index (χ0n) is 9.67. The Hall–Kier alpha value is -0.900. The van der Waals surface area contributed by atoms with E-state index in [0.29, 0.717) is 13.0 Å². The highest BCUT2D eigenvalue weighted by Gasteiger charge is 2.14. The lowest BCUT2D eigenvalue weighted by atomic mass is 10.1. The molecular formula is C13H20O3. The first-order valence-corrected chi connectivity index (χ1v) is 5.71. The van der Waals surface area contributed by atoms with Gasteiger partial charge in [-0.25, -0.2) is 0 Å². The van der Waals surface area contributed by atoms with Gasteiger partial charge in [-0.05, 0) is 12.0 Å². The molecule has 1 rings (SSSR count). The summed E-state index contributed by atoms with van der Waals surface area (Å²) in [6.07, 6.45) is -0.00306. The first-order chi connectivity index (χ1) is 7.74. The van der Waals surface area contributed by atoms with E-state index in [2.05, 4.69) is 0 Å². The van der Waals surface area contributed by atoms with Crippen molar-refractivity contribution in [3.63, 3.8) is 0 Å². The van der Waals surface area contributed by atoms with E-state index >= 15 is 0 Å². The maximum Gasteiger partial charge on any atom is 0.103 e. The molecule has 16 heavy (non-hydrogen) atoms. The minimum absolute atomic E-state index is 0.177. The molecule has 0 aliphatic carbocycles. The van der Waals surface area contributed by atoms with Gasteiger partial charge in [0, 0.05) is 0 Å². The van der Waals surface area contributed by atoms with Crippen molar-refractivity contribution in [2.24, 2.45) is 0 Å². The molecule has 2 N–H and O–H groups in total. The number of rotatable bonds is 7. The summed E-state index contributed by atoms with van der Waals surface area (Å²) in [4.78, 5) is 0. The minimum atomic E-state index is -0.788. The van der Waals surface area contributed by atoms with Gasteiger partial charge < -0.3 is 14.9 Å². The average Bonchev–Trinajstić information content (AvgIpc) is 2.30. The molecule has 0 heterocycles. The summed E-state index contributed by atoms with van der Waals surface area (Å²) >= 11 is 0. The third-order valence-corrected chi connectivity index (χ3v) is 2.43. The van der Waals surface area contributed by atoms with Crippen molar-refractivity contribution in [1.29, 1.82) is 0 Å². The molecular weight excluding hydrogens is 204 g/mol. The van der Waals surface area contributed by atoms with Crippen molar-refractivity contribution >= 4 is 0 Å². The standard InChI is InChI=1S/C13H20O3/c1-2-6-12(14)13(15)10-16-9-11-7-4-3-5-8-11/h3-5,7-8,12-15H,2,6,9-10H2,1H3/t12-,13+/m1/s1. The van der Waals surface area contributed by atoms with E-state index in [4.69, 9.17) is 4.74 Å². The summed E-state index contributed by atoms with van der Waals surface area (Å²) in [5, 5.41) is 19.0. The second kappa shape index (κ2) is 7.39. The second-order valence-corrected chi connectivity index (χ2v) is 3.92. The zero-order chi connectivity index (χ0) is 11.8. The molecule has 0 saturated heterocycles. The van der Waals surface area contributed by atoms with Crippen molar-refractivity contribution in [2.75, 3.05) is 6.61 Å². The van der Waals surface area contributed by atoms with Crippen LogP contribution < -0.4 is 0 Å². The third kappa shape index (κ3) is 4.75. The number of hydrogen-bond acceptors (Lipinski definition) is 3. The quantitative estimate of drug-likeness (QED) is 0.741. The molecule has 0 bridgehead atoms. The Morgan fingerprint density at radius 3 is 2.44 bits per heavy atom. The summed E-state index contributed by atoms with van der Waals surface area (Å²) in [5.41, 5.74) is 1.07. The van der Waals surface area contributed by atoms with Gasteiger partial charge >= 0.3 is 0 Å². The van der Waals surface area contributed by atoms with Crippen LogP contribution in [-0.2, 0) is 11.3 Å². The van der Waals surface area contributed by atoms with E-state index in [1.54, 1.807) is 0 Å². The minimum Gasteiger partial charge on any atom is -0.390 e. The van der Waals surface area contributed by atoms with Gasteiger partial charge in [-0.2, -0.15) is 0 Å². The molecule has 0 spiro atoms. The number of benzene rings is 1. The van der Waals surface area contributed by atoms with Crippen molar-refractivity contribution in [1.82, 2.24) is 0 Å². The first kappa shape index (κ1) is 13.2. The van der Waals surface area contributed by atoms with Gasteiger partial charge in [-0.15, -0.1) is 0 Å². The number of hydrogen-bond donors (Lipinski definition) is 2. The van der Waals surface area contributed by atoms with Crippen LogP contribution in [0.5, 0.6) is 0 Å². The summed E-state index contributed by atoms with van der Waals surface area (Å²) in [6, 6.07) is 9.77. The van der Waals surface area contributed by atoms with Crippen LogP contribution in [0, 0.1) is 0 Å². The molecule has 0 unspecified atom stereocenters. The molecule has 0 aliphatic rings. The Morgan fingerprint density at radius 2 is 1.81 bits per heavy atom. The molecule has 0 amide bonds. The molecule has 0 radical (unpaired) electrons. The summed E-state index contributed by atoms with van der Waals surface area (Å²) in [5.74, 6) is 0. The van der Waals surface area contributed by atoms with Crippen LogP contribution >= 0.6 is 0 Å². The predicted octanol–water partition coefficient (Wildman–Crippen LogP) is 1.73. The summed E-state index contributed by atoms with van der Waals surface area (Å²) < 4.78 is 5.34. The van der Waals surface area contributed by atoms with Crippen LogP contribution in [0.1, 0.15) is 25.3 Å². The Balaban J connectivity index is 2.20. The van der Waals surface area contributed by atoms with Crippen LogP contribution in [-0.4, -0.2) is 29.0 Å². The van der Waals surface area contributed by atoms with Crippen LogP contribution in [0.25, 0.3) is 0 Å². The highest BCUT2D eigenvalue weighted by Crippen LogP contribution is 2.05. The third-order valence-electron chi connectivity index (χ3n) is 2.43. The fourth-order valence-electron chi connectivity index (χ4n) is 1.47. The maximum atomic E-state index is 9.55. The molecule has 0 saturated carbocycles. The van der Waals surface area contributed by atoms with Crippen LogP contribution in [0.15, 0.2) is 30.3 Å². The maximum absolute atomic E-state index is 9.55. The molecule has 0 fully saturated rings. The van der Waals surface area contributed by atoms with Gasteiger partial charge in [0.2, 0.25) is 0 Å². The fourth-order valence-corrected chi connectivity index (χ4v) is 1.47. The molecule has 3 heteroatoms.